The van der Waals surface area contributed by atoms with E-state index in [4.69, 9.17) is 4.43 Å². The molecule has 0 saturated heterocycles. The van der Waals surface area contributed by atoms with Gasteiger partial charge in [0.15, 0.2) is 14.1 Å². The van der Waals surface area contributed by atoms with Gasteiger partial charge in [0.25, 0.3) is 0 Å². The predicted octanol–water partition coefficient (Wildman–Crippen LogP) is 4.40. The largest absolute Gasteiger partial charge is 0.407 e. The smallest absolute Gasteiger partial charge is 0.198 e. The minimum atomic E-state index is -1.78. The lowest BCUT2D eigenvalue weighted by Crippen LogP contribution is -2.45. The molecule has 0 radical (unpaired) electrons. The number of hydrogen-bond acceptors (Lipinski definition) is 2. The molecule has 0 spiro atoms. The Morgan fingerprint density at radius 3 is 2.75 bits per heavy atom. The minimum absolute atomic E-state index is 0.123. The van der Waals surface area contributed by atoms with Gasteiger partial charge in [-0.1, -0.05) is 35.9 Å². The van der Waals surface area contributed by atoms with Crippen molar-refractivity contribution in [3.8, 4) is 0 Å². The first-order chi connectivity index (χ1) is 9.16. The molecule has 0 aromatic rings. The van der Waals surface area contributed by atoms with Crippen LogP contribution in [-0.4, -0.2) is 24.7 Å². The zero-order valence-corrected chi connectivity index (χ0v) is 15.5. The summed E-state index contributed by atoms with van der Waals surface area (Å²) in [6.45, 7) is 12.9. The summed E-state index contributed by atoms with van der Waals surface area (Å²) in [6.07, 6.45) is 6.25. The third-order valence-electron chi connectivity index (χ3n) is 4.58. The lowest BCUT2D eigenvalue weighted by molar-refractivity contribution is -0.115. The van der Waals surface area contributed by atoms with Crippen LogP contribution in [0.3, 0.4) is 0 Å². The van der Waals surface area contributed by atoms with Crippen LogP contribution in [0.1, 0.15) is 33.1 Å². The van der Waals surface area contributed by atoms with Gasteiger partial charge in [-0.15, -0.1) is 6.58 Å². The van der Waals surface area contributed by atoms with Gasteiger partial charge in [0.1, 0.15) is 0 Å². The van der Waals surface area contributed by atoms with Crippen molar-refractivity contribution in [2.45, 2.75) is 51.8 Å². The lowest BCUT2D eigenvalue weighted by Gasteiger charge is -2.38. The van der Waals surface area contributed by atoms with Crippen molar-refractivity contribution in [2.24, 2.45) is 11.3 Å². The molecule has 0 bridgehead atoms. The van der Waals surface area contributed by atoms with Crippen LogP contribution >= 0.6 is 15.9 Å². The monoisotopic (exact) mass is 356 g/mol. The molecule has 0 unspecified atom stereocenters. The number of alkyl halides is 1. The molecule has 0 aliphatic heterocycles. The van der Waals surface area contributed by atoms with Crippen molar-refractivity contribution < 1.29 is 9.22 Å². The normalized spacial score (nSPS) is 32.1. The van der Waals surface area contributed by atoms with Gasteiger partial charge in [-0.05, 0) is 48.9 Å². The summed E-state index contributed by atoms with van der Waals surface area (Å²) in [6, 6.07) is 0. The predicted molar refractivity (Wildman–Crippen MR) is 89.5 cm³/mol. The van der Waals surface area contributed by atoms with Crippen LogP contribution < -0.4 is 0 Å². The van der Waals surface area contributed by atoms with Crippen molar-refractivity contribution in [1.29, 1.82) is 0 Å². The van der Waals surface area contributed by atoms with Gasteiger partial charge >= 0.3 is 0 Å². The van der Waals surface area contributed by atoms with Gasteiger partial charge in [0.2, 0.25) is 0 Å². The maximum Gasteiger partial charge on any atom is 0.198 e. The summed E-state index contributed by atoms with van der Waals surface area (Å²) < 4.78 is 6.67. The van der Waals surface area contributed by atoms with Crippen LogP contribution in [-0.2, 0) is 9.22 Å². The highest BCUT2D eigenvalue weighted by Gasteiger charge is 2.57. The second-order valence-corrected chi connectivity index (χ2v) is 13.1. The Balaban J connectivity index is 2.44. The molecule has 2 rings (SSSR count). The number of halogens is 1. The number of hydrogen-bond donors (Lipinski definition) is 0. The molecule has 0 aromatic carbocycles. The topological polar surface area (TPSA) is 26.3 Å². The van der Waals surface area contributed by atoms with Gasteiger partial charge in [-0.25, -0.2) is 0 Å². The summed E-state index contributed by atoms with van der Waals surface area (Å²) in [5, 5.41) is 0. The van der Waals surface area contributed by atoms with E-state index in [9.17, 15) is 4.79 Å². The fourth-order valence-corrected chi connectivity index (χ4v) is 5.60. The first kappa shape index (κ1) is 16.2. The molecule has 20 heavy (non-hydrogen) atoms. The van der Waals surface area contributed by atoms with Gasteiger partial charge < -0.3 is 4.43 Å². The summed E-state index contributed by atoms with van der Waals surface area (Å²) in [7, 11) is -1.78. The third kappa shape index (κ3) is 2.74. The van der Waals surface area contributed by atoms with Crippen molar-refractivity contribution in [3.63, 3.8) is 0 Å². The second-order valence-electron chi connectivity index (χ2n) is 7.47. The Labute approximate surface area is 131 Å². The maximum absolute atomic E-state index is 11.9. The van der Waals surface area contributed by atoms with E-state index in [1.54, 1.807) is 0 Å². The summed E-state index contributed by atoms with van der Waals surface area (Å²) in [5.41, 5.74) is 1.05. The van der Waals surface area contributed by atoms with Gasteiger partial charge in [-0.2, -0.15) is 0 Å². The Morgan fingerprint density at radius 1 is 1.55 bits per heavy atom. The summed E-state index contributed by atoms with van der Waals surface area (Å²) in [5.74, 6) is 0.600. The molecule has 0 N–H and O–H groups in total. The molecular weight excluding hydrogens is 332 g/mol. The number of carbonyl (C=O) groups excluding carboxylic acids is 1. The van der Waals surface area contributed by atoms with Gasteiger partial charge in [0, 0.05) is 11.4 Å². The molecule has 0 heterocycles. The second kappa shape index (κ2) is 5.22. The Bertz CT molecular complexity index is 467. The van der Waals surface area contributed by atoms with E-state index in [0.717, 1.165) is 17.8 Å². The molecule has 1 fully saturated rings. The average molecular weight is 357 g/mol. The van der Waals surface area contributed by atoms with Gasteiger partial charge in [-0.3, -0.25) is 4.79 Å². The number of rotatable bonds is 5. The summed E-state index contributed by atoms with van der Waals surface area (Å²) in [4.78, 5) is 12.8. The van der Waals surface area contributed by atoms with Crippen LogP contribution in [0.5, 0.6) is 0 Å². The third-order valence-corrected chi connectivity index (χ3v) is 10.2. The van der Waals surface area contributed by atoms with Crippen LogP contribution in [0, 0.1) is 11.3 Å². The Kier molecular flexibility index (Phi) is 4.22. The van der Waals surface area contributed by atoms with Crippen molar-refractivity contribution >= 4 is 30.0 Å². The van der Waals surface area contributed by atoms with E-state index >= 15 is 0 Å². The highest BCUT2D eigenvalue weighted by atomic mass is 79.9. The molecule has 4 heteroatoms. The Morgan fingerprint density at radius 2 is 2.20 bits per heavy atom. The van der Waals surface area contributed by atoms with Crippen LogP contribution in [0.15, 0.2) is 24.3 Å². The fraction of sp³-hybridized carbons (Fsp3) is 0.688. The zero-order chi connectivity index (χ0) is 15.2. The molecule has 2 aliphatic carbocycles. The molecule has 2 atom stereocenters. The van der Waals surface area contributed by atoms with E-state index in [2.05, 4.69) is 49.5 Å². The Hall–Kier alpha value is -0.193. The molecule has 2 aliphatic rings. The van der Waals surface area contributed by atoms with E-state index in [0.29, 0.717) is 12.3 Å². The number of fused-ring (bicyclic) bond motifs is 1. The first-order valence-corrected chi connectivity index (χ1v) is 11.5. The van der Waals surface area contributed by atoms with Gasteiger partial charge in [0.05, 0.1) is 5.60 Å². The molecule has 0 amide bonds. The quantitative estimate of drug-likeness (QED) is 0.414. The van der Waals surface area contributed by atoms with E-state index in [1.807, 2.05) is 12.2 Å². The highest BCUT2D eigenvalue weighted by Crippen LogP contribution is 2.59. The number of allylic oxidation sites excluding steroid dienone is 1. The van der Waals surface area contributed by atoms with E-state index in [-0.39, 0.29) is 16.8 Å². The standard InChI is InChI=1S/C16H25BrO2Si/c1-6-7-16(19-20(4,5)11-17)10-15(2,3)13-8-12(18)9-14(13)16/h6,9,13H,1,7-8,10-11H2,2-5H3/t13-,16+/m1/s1. The molecule has 112 valence electrons. The molecule has 2 nitrogen and oxygen atoms in total. The van der Waals surface area contributed by atoms with Crippen LogP contribution in [0.4, 0.5) is 0 Å². The SMILES string of the molecule is C=CC[C@]1(O[Si](C)(C)CBr)CC(C)(C)[C@@H]2CC(=O)C=C21. The first-order valence-electron chi connectivity index (χ1n) is 7.28. The number of ketones is 1. The van der Waals surface area contributed by atoms with Crippen LogP contribution in [0.2, 0.25) is 13.1 Å². The summed E-state index contributed by atoms with van der Waals surface area (Å²) >= 11 is 3.59. The number of carbonyl (C=O) groups is 1. The van der Waals surface area contributed by atoms with Crippen molar-refractivity contribution in [1.82, 2.24) is 0 Å². The fourth-order valence-electron chi connectivity index (χ4n) is 3.87. The molecular formula is C16H25BrO2Si. The lowest BCUT2D eigenvalue weighted by atomic mass is 9.80. The van der Waals surface area contributed by atoms with Crippen molar-refractivity contribution in [2.75, 3.05) is 4.95 Å². The average Bonchev–Trinajstić information content (AvgIpc) is 2.78. The minimum Gasteiger partial charge on any atom is -0.407 e. The molecule has 1 saturated carbocycles. The van der Waals surface area contributed by atoms with E-state index < -0.39 is 8.32 Å². The van der Waals surface area contributed by atoms with E-state index in [1.165, 1.54) is 5.57 Å². The van der Waals surface area contributed by atoms with Crippen LogP contribution in [0.25, 0.3) is 0 Å². The highest BCUT2D eigenvalue weighted by molar-refractivity contribution is 9.09. The maximum atomic E-state index is 11.9. The van der Waals surface area contributed by atoms with Crippen molar-refractivity contribution in [3.05, 3.63) is 24.3 Å². The molecule has 0 aromatic heterocycles. The zero-order valence-electron chi connectivity index (χ0n) is 13.0.